The number of rotatable bonds is 8. The maximum absolute atomic E-state index is 10.7. The molecule has 1 atom stereocenters. The Balaban J connectivity index is 1.40. The summed E-state index contributed by atoms with van der Waals surface area (Å²) in [5, 5.41) is 20.9. The second-order valence-corrected chi connectivity index (χ2v) is 6.70. The standard InChI is InChI=1S/C20H25N3O5/c1-27-19-6-2-16(3-7-19)22-12-10-21(11-13-22)14-18(24)15-28-20-8-4-17(5-9-20)23(25)26/h2-9,18,24H,10-15H2,1H3/t18-/m1/s1. The van der Waals surface area contributed by atoms with Gasteiger partial charge in [-0.1, -0.05) is 0 Å². The summed E-state index contributed by atoms with van der Waals surface area (Å²) in [6.45, 7) is 4.19. The molecule has 150 valence electrons. The number of nitrogens with zero attached hydrogens (tertiary/aromatic N) is 3. The van der Waals surface area contributed by atoms with Crippen molar-refractivity contribution in [3.8, 4) is 11.5 Å². The first-order valence-electron chi connectivity index (χ1n) is 9.22. The van der Waals surface area contributed by atoms with Gasteiger partial charge < -0.3 is 19.5 Å². The molecule has 28 heavy (non-hydrogen) atoms. The fourth-order valence-electron chi connectivity index (χ4n) is 3.19. The summed E-state index contributed by atoms with van der Waals surface area (Å²) >= 11 is 0. The normalized spacial score (nSPS) is 15.9. The van der Waals surface area contributed by atoms with Gasteiger partial charge in [0.25, 0.3) is 5.69 Å². The van der Waals surface area contributed by atoms with Gasteiger partial charge in [-0.2, -0.15) is 0 Å². The Morgan fingerprint density at radius 1 is 1.04 bits per heavy atom. The van der Waals surface area contributed by atoms with Crippen molar-refractivity contribution in [1.29, 1.82) is 0 Å². The quantitative estimate of drug-likeness (QED) is 0.548. The molecular weight excluding hydrogens is 362 g/mol. The lowest BCUT2D eigenvalue weighted by atomic mass is 10.2. The molecule has 0 unspecified atom stereocenters. The number of methoxy groups -OCH3 is 1. The van der Waals surface area contributed by atoms with Crippen molar-refractivity contribution in [3.63, 3.8) is 0 Å². The maximum Gasteiger partial charge on any atom is 0.269 e. The topological polar surface area (TPSA) is 88.3 Å². The van der Waals surface area contributed by atoms with E-state index in [4.69, 9.17) is 9.47 Å². The van der Waals surface area contributed by atoms with Gasteiger partial charge in [0.15, 0.2) is 0 Å². The summed E-state index contributed by atoms with van der Waals surface area (Å²) in [6.07, 6.45) is -0.622. The minimum absolute atomic E-state index is 0.0163. The number of non-ortho nitro benzene ring substituents is 1. The summed E-state index contributed by atoms with van der Waals surface area (Å²) in [5.41, 5.74) is 1.19. The van der Waals surface area contributed by atoms with Gasteiger partial charge in [0.2, 0.25) is 0 Å². The second kappa shape index (κ2) is 9.38. The monoisotopic (exact) mass is 387 g/mol. The highest BCUT2D eigenvalue weighted by molar-refractivity contribution is 5.49. The van der Waals surface area contributed by atoms with Gasteiger partial charge in [0.1, 0.15) is 24.2 Å². The zero-order valence-electron chi connectivity index (χ0n) is 15.9. The number of aliphatic hydroxyl groups is 1. The van der Waals surface area contributed by atoms with Crippen molar-refractivity contribution in [2.75, 3.05) is 51.3 Å². The smallest absolute Gasteiger partial charge is 0.269 e. The van der Waals surface area contributed by atoms with E-state index in [-0.39, 0.29) is 12.3 Å². The number of ether oxygens (including phenoxy) is 2. The molecule has 2 aromatic carbocycles. The van der Waals surface area contributed by atoms with Crippen LogP contribution in [0.1, 0.15) is 0 Å². The van der Waals surface area contributed by atoms with Crippen LogP contribution in [0, 0.1) is 10.1 Å². The van der Waals surface area contributed by atoms with Crippen LogP contribution in [0.15, 0.2) is 48.5 Å². The van der Waals surface area contributed by atoms with Gasteiger partial charge in [0, 0.05) is 50.5 Å². The average Bonchev–Trinajstić information content (AvgIpc) is 2.73. The van der Waals surface area contributed by atoms with Crippen LogP contribution >= 0.6 is 0 Å². The third kappa shape index (κ3) is 5.34. The average molecular weight is 387 g/mol. The van der Waals surface area contributed by atoms with Crippen molar-refractivity contribution >= 4 is 11.4 Å². The molecule has 0 spiro atoms. The fraction of sp³-hybridized carbons (Fsp3) is 0.400. The molecule has 8 heteroatoms. The Morgan fingerprint density at radius 3 is 2.21 bits per heavy atom. The van der Waals surface area contributed by atoms with Crippen LogP contribution in [0.2, 0.25) is 0 Å². The van der Waals surface area contributed by atoms with Crippen LogP contribution in [-0.4, -0.2) is 67.5 Å². The van der Waals surface area contributed by atoms with Crippen LogP contribution in [0.4, 0.5) is 11.4 Å². The molecule has 0 radical (unpaired) electrons. The molecule has 1 heterocycles. The van der Waals surface area contributed by atoms with E-state index in [9.17, 15) is 15.2 Å². The number of nitro groups is 1. The van der Waals surface area contributed by atoms with Crippen molar-refractivity contribution in [1.82, 2.24) is 4.90 Å². The molecule has 0 aliphatic carbocycles. The predicted molar refractivity (Wildman–Crippen MR) is 106 cm³/mol. The minimum Gasteiger partial charge on any atom is -0.497 e. The highest BCUT2D eigenvalue weighted by Gasteiger charge is 2.20. The highest BCUT2D eigenvalue weighted by atomic mass is 16.6. The summed E-state index contributed by atoms with van der Waals surface area (Å²) in [5.74, 6) is 1.35. The lowest BCUT2D eigenvalue weighted by molar-refractivity contribution is -0.384. The molecule has 3 rings (SSSR count). The summed E-state index contributed by atoms with van der Waals surface area (Å²) < 4.78 is 10.7. The molecule has 1 saturated heterocycles. The maximum atomic E-state index is 10.7. The van der Waals surface area contributed by atoms with E-state index >= 15 is 0 Å². The SMILES string of the molecule is COc1ccc(N2CCN(C[C@@H](O)COc3ccc([N+](=O)[O-])cc3)CC2)cc1. The lowest BCUT2D eigenvalue weighted by Gasteiger charge is -2.36. The van der Waals surface area contributed by atoms with E-state index < -0.39 is 11.0 Å². The van der Waals surface area contributed by atoms with Crippen molar-refractivity contribution in [3.05, 3.63) is 58.6 Å². The third-order valence-electron chi connectivity index (χ3n) is 4.77. The number of nitro benzene ring substituents is 1. The number of β-amino-alcohol motifs (C(OH)–C–C–N with tert-alkyl or cyclic N) is 1. The van der Waals surface area contributed by atoms with Gasteiger partial charge in [0.05, 0.1) is 12.0 Å². The van der Waals surface area contributed by atoms with Gasteiger partial charge in [-0.15, -0.1) is 0 Å². The third-order valence-corrected chi connectivity index (χ3v) is 4.77. The number of aliphatic hydroxyl groups excluding tert-OH is 1. The van der Waals surface area contributed by atoms with Crippen LogP contribution in [0.5, 0.6) is 11.5 Å². The molecule has 0 amide bonds. The summed E-state index contributed by atoms with van der Waals surface area (Å²) in [6, 6.07) is 13.9. The Labute approximate surface area is 164 Å². The number of hydrogen-bond donors (Lipinski definition) is 1. The van der Waals surface area contributed by atoms with Crippen LogP contribution in [0.3, 0.4) is 0 Å². The molecule has 0 bridgehead atoms. The van der Waals surface area contributed by atoms with Crippen LogP contribution < -0.4 is 14.4 Å². The Morgan fingerprint density at radius 2 is 1.64 bits per heavy atom. The molecule has 8 nitrogen and oxygen atoms in total. The Hall–Kier alpha value is -2.84. The van der Waals surface area contributed by atoms with E-state index in [0.29, 0.717) is 12.3 Å². The molecule has 1 aliphatic rings. The second-order valence-electron chi connectivity index (χ2n) is 6.70. The predicted octanol–water partition coefficient (Wildman–Crippen LogP) is 2.17. The van der Waals surface area contributed by atoms with Crippen molar-refractivity contribution in [2.24, 2.45) is 0 Å². The molecule has 0 saturated carbocycles. The van der Waals surface area contributed by atoms with Gasteiger partial charge in [-0.3, -0.25) is 15.0 Å². The molecule has 1 aliphatic heterocycles. The zero-order chi connectivity index (χ0) is 19.9. The Bertz CT molecular complexity index is 758. The number of hydrogen-bond acceptors (Lipinski definition) is 7. The van der Waals surface area contributed by atoms with E-state index in [1.54, 1.807) is 19.2 Å². The van der Waals surface area contributed by atoms with E-state index in [1.807, 2.05) is 12.1 Å². The zero-order valence-corrected chi connectivity index (χ0v) is 15.9. The number of anilines is 1. The first-order valence-corrected chi connectivity index (χ1v) is 9.22. The van der Waals surface area contributed by atoms with E-state index in [2.05, 4.69) is 21.9 Å². The largest absolute Gasteiger partial charge is 0.497 e. The van der Waals surface area contributed by atoms with E-state index in [1.165, 1.54) is 17.8 Å². The van der Waals surface area contributed by atoms with Gasteiger partial charge in [-0.25, -0.2) is 0 Å². The summed E-state index contributed by atoms with van der Waals surface area (Å²) in [7, 11) is 1.66. The first kappa shape index (κ1) is 19.9. The van der Waals surface area contributed by atoms with Gasteiger partial charge >= 0.3 is 0 Å². The van der Waals surface area contributed by atoms with Crippen molar-refractivity contribution in [2.45, 2.75) is 6.10 Å². The lowest BCUT2D eigenvalue weighted by Crippen LogP contribution is -2.49. The van der Waals surface area contributed by atoms with Crippen molar-refractivity contribution < 1.29 is 19.5 Å². The summed E-state index contributed by atoms with van der Waals surface area (Å²) in [4.78, 5) is 14.7. The Kier molecular flexibility index (Phi) is 6.67. The van der Waals surface area contributed by atoms with Crippen LogP contribution in [-0.2, 0) is 0 Å². The van der Waals surface area contributed by atoms with Crippen LogP contribution in [0.25, 0.3) is 0 Å². The minimum atomic E-state index is -0.622. The molecular formula is C20H25N3O5. The number of piperazine rings is 1. The fourth-order valence-corrected chi connectivity index (χ4v) is 3.19. The highest BCUT2D eigenvalue weighted by Crippen LogP contribution is 2.21. The molecule has 2 aromatic rings. The molecule has 1 N–H and O–H groups in total. The number of benzene rings is 2. The van der Waals surface area contributed by atoms with Gasteiger partial charge in [-0.05, 0) is 36.4 Å². The molecule has 0 aromatic heterocycles. The van der Waals surface area contributed by atoms with E-state index in [0.717, 1.165) is 31.9 Å². The molecule has 1 fully saturated rings. The first-order chi connectivity index (χ1) is 13.5.